The second kappa shape index (κ2) is 10.9. The Hall–Kier alpha value is -2.78. The van der Waals surface area contributed by atoms with Gasteiger partial charge in [-0.2, -0.15) is 0 Å². The molecule has 3 amide bonds. The molecule has 8 nitrogen and oxygen atoms in total. The molecule has 0 saturated carbocycles. The molecule has 1 saturated heterocycles. The van der Waals surface area contributed by atoms with Crippen molar-refractivity contribution >= 4 is 23.3 Å². The maximum atomic E-state index is 13.5. The van der Waals surface area contributed by atoms with Crippen LogP contribution in [0.25, 0.3) is 0 Å². The summed E-state index contributed by atoms with van der Waals surface area (Å²) in [6, 6.07) is 7.55. The number of ether oxygens (including phenoxy) is 3. The Morgan fingerprint density at radius 2 is 2.00 bits per heavy atom. The van der Waals surface area contributed by atoms with E-state index in [-0.39, 0.29) is 31.4 Å². The molecule has 2 aliphatic heterocycles. The number of carbonyl (C=O) groups is 2. The summed E-state index contributed by atoms with van der Waals surface area (Å²) in [4.78, 5) is 30.7. The minimum absolute atomic E-state index is 0.000663. The van der Waals surface area contributed by atoms with Crippen molar-refractivity contribution in [3.63, 3.8) is 0 Å². The highest BCUT2D eigenvalue weighted by Gasteiger charge is 2.27. The fraction of sp³-hybridized carbons (Fsp3) is 0.500. The van der Waals surface area contributed by atoms with Gasteiger partial charge in [-0.15, -0.1) is 11.3 Å². The Morgan fingerprint density at radius 1 is 1.15 bits per heavy atom. The summed E-state index contributed by atoms with van der Waals surface area (Å²) in [5, 5.41) is 4.86. The predicted molar refractivity (Wildman–Crippen MR) is 125 cm³/mol. The van der Waals surface area contributed by atoms with Crippen molar-refractivity contribution in [2.75, 3.05) is 33.0 Å². The van der Waals surface area contributed by atoms with Gasteiger partial charge in [0.1, 0.15) is 6.54 Å². The second-order valence-electron chi connectivity index (χ2n) is 8.32. The van der Waals surface area contributed by atoms with Gasteiger partial charge >= 0.3 is 6.03 Å². The molecular weight excluding hydrogens is 442 g/mol. The quantitative estimate of drug-likeness (QED) is 0.603. The summed E-state index contributed by atoms with van der Waals surface area (Å²) in [5.41, 5.74) is 2.11. The zero-order chi connectivity index (χ0) is 23.2. The lowest BCUT2D eigenvalue weighted by molar-refractivity contribution is -0.133. The third kappa shape index (κ3) is 5.97. The van der Waals surface area contributed by atoms with Gasteiger partial charge in [0.2, 0.25) is 12.7 Å². The summed E-state index contributed by atoms with van der Waals surface area (Å²) in [6.07, 6.45) is 1.86. The molecule has 0 unspecified atom stereocenters. The minimum Gasteiger partial charge on any atom is -0.454 e. The van der Waals surface area contributed by atoms with Crippen LogP contribution in [0.1, 0.15) is 35.8 Å². The van der Waals surface area contributed by atoms with Crippen molar-refractivity contribution < 1.29 is 23.8 Å². The maximum Gasteiger partial charge on any atom is 0.317 e. The van der Waals surface area contributed by atoms with Gasteiger partial charge in [-0.25, -0.2) is 4.79 Å². The number of aryl methyl sites for hydroxylation is 1. The lowest BCUT2D eigenvalue weighted by atomic mass is 10.1. The number of thiophene rings is 1. The van der Waals surface area contributed by atoms with E-state index in [1.54, 1.807) is 21.1 Å². The smallest absolute Gasteiger partial charge is 0.317 e. The molecule has 0 aliphatic carbocycles. The van der Waals surface area contributed by atoms with Gasteiger partial charge in [0.15, 0.2) is 11.5 Å². The van der Waals surface area contributed by atoms with Crippen LogP contribution in [0.15, 0.2) is 29.6 Å². The van der Waals surface area contributed by atoms with E-state index in [9.17, 15) is 9.59 Å². The molecule has 178 valence electrons. The molecule has 33 heavy (non-hydrogen) atoms. The fourth-order valence-electron chi connectivity index (χ4n) is 4.01. The Morgan fingerprint density at radius 3 is 2.73 bits per heavy atom. The van der Waals surface area contributed by atoms with E-state index in [2.05, 4.69) is 11.4 Å². The zero-order valence-corrected chi connectivity index (χ0v) is 20.0. The van der Waals surface area contributed by atoms with Gasteiger partial charge in [0, 0.05) is 31.1 Å². The van der Waals surface area contributed by atoms with Crippen molar-refractivity contribution in [3.05, 3.63) is 45.6 Å². The highest BCUT2D eigenvalue weighted by atomic mass is 32.1. The first-order valence-corrected chi connectivity index (χ1v) is 12.2. The predicted octanol–water partition coefficient (Wildman–Crippen LogP) is 3.52. The molecular formula is C24H31N3O5S. The minimum atomic E-state index is -0.239. The monoisotopic (exact) mass is 473 g/mol. The summed E-state index contributed by atoms with van der Waals surface area (Å²) >= 11 is 1.63. The average Bonchev–Trinajstić information content (AvgIpc) is 3.55. The highest BCUT2D eigenvalue weighted by Crippen LogP contribution is 2.33. The number of rotatable bonds is 9. The first-order chi connectivity index (χ1) is 16.0. The summed E-state index contributed by atoms with van der Waals surface area (Å²) in [6.45, 7) is 6.65. The summed E-state index contributed by atoms with van der Waals surface area (Å²) in [7, 11) is 0. The van der Waals surface area contributed by atoms with Crippen LogP contribution in [-0.2, 0) is 22.6 Å². The number of urea groups is 1. The van der Waals surface area contributed by atoms with Gasteiger partial charge in [-0.3, -0.25) is 4.79 Å². The zero-order valence-electron chi connectivity index (χ0n) is 19.2. The lowest BCUT2D eigenvalue weighted by Gasteiger charge is -2.29. The molecule has 4 rings (SSSR count). The molecule has 1 N–H and O–H groups in total. The van der Waals surface area contributed by atoms with Crippen LogP contribution < -0.4 is 14.8 Å². The lowest BCUT2D eigenvalue weighted by Crippen LogP contribution is -2.49. The number of hydrogen-bond donors (Lipinski definition) is 1. The number of hydrogen-bond acceptors (Lipinski definition) is 6. The number of benzene rings is 1. The van der Waals surface area contributed by atoms with Gasteiger partial charge in [-0.05, 0) is 61.4 Å². The van der Waals surface area contributed by atoms with Crippen molar-refractivity contribution in [2.24, 2.45) is 0 Å². The number of nitrogens with zero attached hydrogens (tertiary/aromatic N) is 2. The van der Waals surface area contributed by atoms with Crippen LogP contribution >= 0.6 is 11.3 Å². The molecule has 3 heterocycles. The average molecular weight is 474 g/mol. The van der Waals surface area contributed by atoms with Crippen LogP contribution in [0.2, 0.25) is 0 Å². The van der Waals surface area contributed by atoms with Crippen molar-refractivity contribution in [1.82, 2.24) is 15.1 Å². The molecule has 1 aromatic carbocycles. The van der Waals surface area contributed by atoms with E-state index in [0.717, 1.165) is 28.8 Å². The highest BCUT2D eigenvalue weighted by molar-refractivity contribution is 7.10. The van der Waals surface area contributed by atoms with E-state index in [1.807, 2.05) is 37.4 Å². The molecule has 2 aliphatic rings. The van der Waals surface area contributed by atoms with E-state index in [4.69, 9.17) is 14.2 Å². The molecule has 9 heteroatoms. The first-order valence-electron chi connectivity index (χ1n) is 11.4. The molecule has 1 atom stereocenters. The normalized spacial score (nSPS) is 16.6. The van der Waals surface area contributed by atoms with Crippen molar-refractivity contribution in [1.29, 1.82) is 0 Å². The Labute approximate surface area is 198 Å². The van der Waals surface area contributed by atoms with Gasteiger partial charge in [0.05, 0.1) is 12.6 Å². The van der Waals surface area contributed by atoms with E-state index in [0.29, 0.717) is 44.3 Å². The third-order valence-electron chi connectivity index (χ3n) is 5.86. The van der Waals surface area contributed by atoms with E-state index in [1.165, 1.54) is 0 Å². The second-order valence-corrected chi connectivity index (χ2v) is 9.32. The Balaban J connectivity index is 1.51. The van der Waals surface area contributed by atoms with Crippen LogP contribution in [0.3, 0.4) is 0 Å². The number of nitrogens with one attached hydrogen (secondary N) is 1. The van der Waals surface area contributed by atoms with Crippen molar-refractivity contribution in [3.8, 4) is 11.5 Å². The third-order valence-corrected chi connectivity index (χ3v) is 6.86. The topological polar surface area (TPSA) is 80.3 Å². The van der Waals surface area contributed by atoms with Crippen LogP contribution in [0.4, 0.5) is 4.79 Å². The molecule has 0 spiro atoms. The number of carbonyl (C=O) groups excluding carboxylic acids is 2. The standard InChI is InChI=1S/C24H31N3O5S/c1-3-25-24(29)27(13-19-5-4-9-30-19)15-23(28)26(14-22-17(2)8-10-33-22)12-18-6-7-20-21(11-18)32-16-31-20/h6-8,10-11,19H,3-5,9,12-16H2,1-2H3,(H,25,29)/t19-/m1/s1. The molecule has 1 aromatic heterocycles. The van der Waals surface area contributed by atoms with Crippen LogP contribution in [-0.4, -0.2) is 60.9 Å². The number of amides is 3. The molecule has 1 fully saturated rings. The number of fused-ring (bicyclic) bond motifs is 1. The largest absolute Gasteiger partial charge is 0.454 e. The van der Waals surface area contributed by atoms with Gasteiger partial charge in [0.25, 0.3) is 0 Å². The van der Waals surface area contributed by atoms with Crippen LogP contribution in [0, 0.1) is 6.92 Å². The molecule has 0 bridgehead atoms. The first kappa shape index (κ1) is 23.4. The van der Waals surface area contributed by atoms with Gasteiger partial charge < -0.3 is 29.3 Å². The molecule has 2 aromatic rings. The summed E-state index contributed by atoms with van der Waals surface area (Å²) in [5.74, 6) is 1.30. The van der Waals surface area contributed by atoms with Crippen molar-refractivity contribution in [2.45, 2.75) is 45.9 Å². The Kier molecular flexibility index (Phi) is 7.72. The summed E-state index contributed by atoms with van der Waals surface area (Å²) < 4.78 is 16.6. The van der Waals surface area contributed by atoms with E-state index >= 15 is 0 Å². The SMILES string of the molecule is CCNC(=O)N(CC(=O)N(Cc1ccc2c(c1)OCO2)Cc1sccc1C)C[C@H]1CCCO1. The van der Waals surface area contributed by atoms with Crippen LogP contribution in [0.5, 0.6) is 11.5 Å². The van der Waals surface area contributed by atoms with E-state index < -0.39 is 0 Å². The van der Waals surface area contributed by atoms with Gasteiger partial charge in [-0.1, -0.05) is 6.07 Å². The molecule has 0 radical (unpaired) electrons. The fourth-order valence-corrected chi connectivity index (χ4v) is 4.93. The maximum absolute atomic E-state index is 13.5. The Bertz CT molecular complexity index is 973.